The molecule has 4 heteroatoms. The maximum Gasteiger partial charge on any atom is 0.128 e. The van der Waals surface area contributed by atoms with Crippen molar-refractivity contribution in [2.45, 2.75) is 31.3 Å². The van der Waals surface area contributed by atoms with E-state index in [-0.39, 0.29) is 0 Å². The van der Waals surface area contributed by atoms with E-state index < -0.39 is 0 Å². The van der Waals surface area contributed by atoms with Crippen molar-refractivity contribution in [1.29, 1.82) is 0 Å². The Bertz CT molecular complexity index is 353. The Morgan fingerprint density at radius 3 is 2.41 bits per heavy atom. The summed E-state index contributed by atoms with van der Waals surface area (Å²) in [5.41, 5.74) is 1.23. The van der Waals surface area contributed by atoms with Crippen molar-refractivity contribution in [1.82, 2.24) is 9.88 Å². The Labute approximate surface area is 112 Å². The summed E-state index contributed by atoms with van der Waals surface area (Å²) >= 11 is 3.44. The number of rotatable bonds is 2. The molecule has 2 unspecified atom stereocenters. The van der Waals surface area contributed by atoms with Gasteiger partial charge in [-0.05, 0) is 32.5 Å². The van der Waals surface area contributed by atoms with Crippen molar-refractivity contribution >= 4 is 21.7 Å². The van der Waals surface area contributed by atoms with E-state index in [1.54, 1.807) is 0 Å². The van der Waals surface area contributed by atoms with E-state index in [1.807, 2.05) is 6.20 Å². The van der Waals surface area contributed by atoms with E-state index in [0.717, 1.165) is 24.2 Å². The molecule has 1 fully saturated rings. The molecular formula is C13H20BrN3. The van der Waals surface area contributed by atoms with Gasteiger partial charge < -0.3 is 4.90 Å². The number of alkyl halides is 1. The average Bonchev–Trinajstić information content (AvgIpc) is 2.35. The Morgan fingerprint density at radius 1 is 1.29 bits per heavy atom. The first-order chi connectivity index (χ1) is 8.11. The van der Waals surface area contributed by atoms with Crippen LogP contribution in [-0.4, -0.2) is 42.1 Å². The minimum absolute atomic E-state index is 0.580. The van der Waals surface area contributed by atoms with Crippen molar-refractivity contribution in [2.24, 2.45) is 0 Å². The molecule has 0 radical (unpaired) electrons. The van der Waals surface area contributed by atoms with Gasteiger partial charge >= 0.3 is 0 Å². The Morgan fingerprint density at radius 2 is 1.94 bits per heavy atom. The predicted molar refractivity (Wildman–Crippen MR) is 75.8 cm³/mol. The van der Waals surface area contributed by atoms with E-state index >= 15 is 0 Å². The molecule has 2 atom stereocenters. The molecule has 0 spiro atoms. The van der Waals surface area contributed by atoms with Crippen LogP contribution in [0.4, 0.5) is 5.82 Å². The summed E-state index contributed by atoms with van der Waals surface area (Å²) in [6.07, 6.45) is 1.96. The molecule has 1 aromatic heterocycles. The standard InChI is InChI=1S/C13H20BrN3/c1-10-8-17(9-11(2)16(10)3)13-5-4-12(6-14)7-15-13/h4-5,7,10-11H,6,8-9H2,1-3H3. The highest BCUT2D eigenvalue weighted by molar-refractivity contribution is 9.08. The Kier molecular flexibility index (Phi) is 4.05. The van der Waals surface area contributed by atoms with Crippen LogP contribution in [0.25, 0.3) is 0 Å². The zero-order valence-corrected chi connectivity index (χ0v) is 12.3. The van der Waals surface area contributed by atoms with E-state index in [9.17, 15) is 0 Å². The van der Waals surface area contributed by atoms with Crippen molar-refractivity contribution in [2.75, 3.05) is 25.0 Å². The lowest BCUT2D eigenvalue weighted by Gasteiger charge is -2.43. The average molecular weight is 298 g/mol. The first-order valence-corrected chi connectivity index (χ1v) is 7.21. The summed E-state index contributed by atoms with van der Waals surface area (Å²) in [7, 11) is 2.20. The highest BCUT2D eigenvalue weighted by Gasteiger charge is 2.26. The summed E-state index contributed by atoms with van der Waals surface area (Å²) in [6, 6.07) is 5.43. The Hall–Kier alpha value is -0.610. The molecule has 3 nitrogen and oxygen atoms in total. The van der Waals surface area contributed by atoms with Crippen molar-refractivity contribution in [3.8, 4) is 0 Å². The van der Waals surface area contributed by atoms with Crippen LogP contribution in [-0.2, 0) is 5.33 Å². The van der Waals surface area contributed by atoms with E-state index in [0.29, 0.717) is 12.1 Å². The largest absolute Gasteiger partial charge is 0.354 e. The fourth-order valence-electron chi connectivity index (χ4n) is 2.27. The number of nitrogens with zero attached hydrogens (tertiary/aromatic N) is 3. The normalized spacial score (nSPS) is 26.2. The molecule has 1 aliphatic rings. The van der Waals surface area contributed by atoms with Crippen LogP contribution >= 0.6 is 15.9 Å². The van der Waals surface area contributed by atoms with E-state index in [1.165, 1.54) is 5.56 Å². The van der Waals surface area contributed by atoms with Gasteiger partial charge in [0.2, 0.25) is 0 Å². The van der Waals surface area contributed by atoms with Gasteiger partial charge in [-0.2, -0.15) is 0 Å². The molecule has 94 valence electrons. The van der Waals surface area contributed by atoms with Crippen molar-refractivity contribution < 1.29 is 0 Å². The van der Waals surface area contributed by atoms with Gasteiger partial charge in [0.25, 0.3) is 0 Å². The minimum atomic E-state index is 0.580. The highest BCUT2D eigenvalue weighted by atomic mass is 79.9. The second-order valence-electron chi connectivity index (χ2n) is 4.93. The molecule has 17 heavy (non-hydrogen) atoms. The zero-order valence-electron chi connectivity index (χ0n) is 10.7. The van der Waals surface area contributed by atoms with Gasteiger partial charge in [0.1, 0.15) is 5.82 Å². The maximum absolute atomic E-state index is 4.54. The van der Waals surface area contributed by atoms with E-state index in [2.05, 4.69) is 63.7 Å². The summed E-state index contributed by atoms with van der Waals surface area (Å²) in [5.74, 6) is 1.10. The van der Waals surface area contributed by atoms with Crippen LogP contribution in [0, 0.1) is 0 Å². The summed E-state index contributed by atoms with van der Waals surface area (Å²) in [5, 5.41) is 0.871. The maximum atomic E-state index is 4.54. The minimum Gasteiger partial charge on any atom is -0.354 e. The molecule has 1 saturated heterocycles. The van der Waals surface area contributed by atoms with Crippen molar-refractivity contribution in [3.63, 3.8) is 0 Å². The molecule has 0 amide bonds. The van der Waals surface area contributed by atoms with Gasteiger partial charge in [-0.15, -0.1) is 0 Å². The van der Waals surface area contributed by atoms with Gasteiger partial charge in [-0.25, -0.2) is 4.98 Å². The molecule has 1 aromatic rings. The second kappa shape index (κ2) is 5.36. The lowest BCUT2D eigenvalue weighted by Crippen LogP contribution is -2.55. The van der Waals surface area contributed by atoms with Gasteiger partial charge in [0, 0.05) is 36.7 Å². The number of likely N-dealkylation sites (N-methyl/N-ethyl adjacent to an activating group) is 1. The fourth-order valence-corrected chi connectivity index (χ4v) is 2.61. The third-order valence-corrected chi connectivity index (χ3v) is 4.29. The van der Waals surface area contributed by atoms with Gasteiger partial charge in [0.05, 0.1) is 0 Å². The number of anilines is 1. The lowest BCUT2D eigenvalue weighted by atomic mass is 10.1. The predicted octanol–water partition coefficient (Wildman–Crippen LogP) is 2.51. The number of halogens is 1. The van der Waals surface area contributed by atoms with Gasteiger partial charge in [-0.1, -0.05) is 22.0 Å². The molecule has 0 N–H and O–H groups in total. The number of pyridine rings is 1. The number of aromatic nitrogens is 1. The highest BCUT2D eigenvalue weighted by Crippen LogP contribution is 2.20. The molecule has 0 bridgehead atoms. The second-order valence-corrected chi connectivity index (χ2v) is 5.49. The fraction of sp³-hybridized carbons (Fsp3) is 0.615. The molecule has 2 heterocycles. The summed E-state index contributed by atoms with van der Waals surface area (Å²) < 4.78 is 0. The van der Waals surface area contributed by atoms with Gasteiger partial charge in [-0.3, -0.25) is 4.90 Å². The third kappa shape index (κ3) is 2.80. The molecule has 0 aromatic carbocycles. The number of piperazine rings is 1. The lowest BCUT2D eigenvalue weighted by molar-refractivity contribution is 0.169. The molecular weight excluding hydrogens is 278 g/mol. The van der Waals surface area contributed by atoms with Gasteiger partial charge in [0.15, 0.2) is 0 Å². The number of hydrogen-bond donors (Lipinski definition) is 0. The first-order valence-electron chi connectivity index (χ1n) is 6.09. The molecule has 0 aliphatic carbocycles. The third-order valence-electron chi connectivity index (χ3n) is 3.65. The van der Waals surface area contributed by atoms with Crippen LogP contribution in [0.3, 0.4) is 0 Å². The zero-order chi connectivity index (χ0) is 12.4. The van der Waals surface area contributed by atoms with Crippen LogP contribution in [0.5, 0.6) is 0 Å². The summed E-state index contributed by atoms with van der Waals surface area (Å²) in [6.45, 7) is 6.66. The topological polar surface area (TPSA) is 19.4 Å². The molecule has 1 aliphatic heterocycles. The van der Waals surface area contributed by atoms with Crippen LogP contribution < -0.4 is 4.90 Å². The SMILES string of the molecule is CC1CN(c2ccc(CBr)cn2)CC(C)N1C. The molecule has 2 rings (SSSR count). The number of hydrogen-bond acceptors (Lipinski definition) is 3. The molecule has 0 saturated carbocycles. The summed E-state index contributed by atoms with van der Waals surface area (Å²) in [4.78, 5) is 9.36. The smallest absolute Gasteiger partial charge is 0.128 e. The van der Waals surface area contributed by atoms with Crippen LogP contribution in [0.15, 0.2) is 18.3 Å². The van der Waals surface area contributed by atoms with E-state index in [4.69, 9.17) is 0 Å². The van der Waals surface area contributed by atoms with Crippen LogP contribution in [0.1, 0.15) is 19.4 Å². The van der Waals surface area contributed by atoms with Crippen molar-refractivity contribution in [3.05, 3.63) is 23.9 Å². The monoisotopic (exact) mass is 297 g/mol. The first kappa shape index (κ1) is 12.8. The Balaban J connectivity index is 2.11. The quantitative estimate of drug-likeness (QED) is 0.782. The van der Waals surface area contributed by atoms with Crippen LogP contribution in [0.2, 0.25) is 0 Å².